The molecular formula is C21H28N2O2. The van der Waals surface area contributed by atoms with Gasteiger partial charge in [-0.2, -0.15) is 0 Å². The van der Waals surface area contributed by atoms with Crippen molar-refractivity contribution in [2.45, 2.75) is 40.7 Å². The van der Waals surface area contributed by atoms with Crippen molar-refractivity contribution in [3.8, 4) is 5.75 Å². The van der Waals surface area contributed by atoms with E-state index in [1.165, 1.54) is 16.7 Å². The van der Waals surface area contributed by atoms with Crippen LogP contribution < -0.4 is 15.0 Å². The summed E-state index contributed by atoms with van der Waals surface area (Å²) >= 11 is 0. The quantitative estimate of drug-likeness (QED) is 0.869. The number of carbonyl (C=O) groups excluding carboxylic acids is 1. The van der Waals surface area contributed by atoms with E-state index < -0.39 is 0 Å². The third kappa shape index (κ3) is 4.13. The normalized spacial score (nSPS) is 10.5. The fourth-order valence-electron chi connectivity index (χ4n) is 2.95. The van der Waals surface area contributed by atoms with Crippen molar-refractivity contribution in [2.75, 3.05) is 19.0 Å². The van der Waals surface area contributed by atoms with Gasteiger partial charge in [0, 0.05) is 19.7 Å². The highest BCUT2D eigenvalue weighted by Crippen LogP contribution is 2.28. The molecule has 0 spiro atoms. The number of urea groups is 1. The Hall–Kier alpha value is -2.49. The predicted molar refractivity (Wildman–Crippen MR) is 104 cm³/mol. The molecule has 0 unspecified atom stereocenters. The summed E-state index contributed by atoms with van der Waals surface area (Å²) in [4.78, 5) is 13.7. The molecule has 0 heterocycles. The molecule has 1 N–H and O–H groups in total. The minimum atomic E-state index is -0.142. The lowest BCUT2D eigenvalue weighted by Crippen LogP contribution is -2.35. The minimum Gasteiger partial charge on any atom is -0.489 e. The van der Waals surface area contributed by atoms with E-state index in [-0.39, 0.29) is 6.03 Å². The molecule has 4 nitrogen and oxygen atoms in total. The number of carbonyl (C=O) groups is 1. The number of rotatable bonds is 5. The van der Waals surface area contributed by atoms with Crippen molar-refractivity contribution >= 4 is 11.7 Å². The van der Waals surface area contributed by atoms with Crippen molar-refractivity contribution in [1.29, 1.82) is 0 Å². The second-order valence-electron chi connectivity index (χ2n) is 6.37. The zero-order valence-corrected chi connectivity index (χ0v) is 16.1. The molecule has 2 rings (SSSR count). The van der Waals surface area contributed by atoms with Crippen LogP contribution in [0.25, 0.3) is 0 Å². The highest BCUT2D eigenvalue weighted by molar-refractivity contribution is 5.92. The van der Waals surface area contributed by atoms with Crippen LogP contribution in [0.2, 0.25) is 0 Å². The van der Waals surface area contributed by atoms with Gasteiger partial charge in [0.1, 0.15) is 12.4 Å². The Bertz CT molecular complexity index is 769. The average molecular weight is 340 g/mol. The average Bonchev–Trinajstić information content (AvgIpc) is 2.61. The van der Waals surface area contributed by atoms with Crippen LogP contribution in [0, 0.1) is 20.8 Å². The molecule has 0 saturated carbocycles. The summed E-state index contributed by atoms with van der Waals surface area (Å²) in [6, 6.07) is 10.1. The Morgan fingerprint density at radius 3 is 2.44 bits per heavy atom. The Labute approximate surface area is 150 Å². The van der Waals surface area contributed by atoms with Gasteiger partial charge in [0.2, 0.25) is 0 Å². The van der Waals surface area contributed by atoms with Gasteiger partial charge in [-0.3, -0.25) is 4.90 Å². The molecule has 0 fully saturated rings. The number of nitrogens with zero attached hydrogens (tertiary/aromatic N) is 1. The summed E-state index contributed by atoms with van der Waals surface area (Å²) in [6.07, 6.45) is 0.889. The molecule has 0 saturated heterocycles. The molecule has 2 aromatic carbocycles. The summed E-state index contributed by atoms with van der Waals surface area (Å²) in [7, 11) is 3.41. The predicted octanol–water partition coefficient (Wildman–Crippen LogP) is 4.53. The van der Waals surface area contributed by atoms with Gasteiger partial charge in [0.15, 0.2) is 0 Å². The van der Waals surface area contributed by atoms with E-state index >= 15 is 0 Å². The van der Waals surface area contributed by atoms with Crippen molar-refractivity contribution < 1.29 is 9.53 Å². The molecule has 0 aromatic heterocycles. The first-order valence-electron chi connectivity index (χ1n) is 8.65. The van der Waals surface area contributed by atoms with Gasteiger partial charge in [-0.25, -0.2) is 4.79 Å². The Kier molecular flexibility index (Phi) is 6.07. The molecule has 25 heavy (non-hydrogen) atoms. The zero-order valence-electron chi connectivity index (χ0n) is 16.1. The maximum absolute atomic E-state index is 12.0. The summed E-state index contributed by atoms with van der Waals surface area (Å²) in [5.41, 5.74) is 6.72. The first kappa shape index (κ1) is 18.8. The SMILES string of the molecule is CCc1cccc(N(C)C(=O)NC)c1COc1cc(C)c(C)cc1C. The maximum Gasteiger partial charge on any atom is 0.321 e. The number of amides is 2. The van der Waals surface area contributed by atoms with Crippen LogP contribution in [0.4, 0.5) is 10.5 Å². The van der Waals surface area contributed by atoms with E-state index in [0.717, 1.165) is 29.0 Å². The van der Waals surface area contributed by atoms with Crippen LogP contribution in [0.15, 0.2) is 30.3 Å². The van der Waals surface area contributed by atoms with Gasteiger partial charge in [-0.15, -0.1) is 0 Å². The van der Waals surface area contributed by atoms with E-state index in [1.54, 1.807) is 19.0 Å². The van der Waals surface area contributed by atoms with Gasteiger partial charge < -0.3 is 10.1 Å². The minimum absolute atomic E-state index is 0.142. The van der Waals surface area contributed by atoms with Crippen LogP contribution in [0.1, 0.15) is 34.7 Å². The highest BCUT2D eigenvalue weighted by atomic mass is 16.5. The third-order valence-electron chi connectivity index (χ3n) is 4.67. The molecule has 2 aromatic rings. The summed E-state index contributed by atoms with van der Waals surface area (Å²) in [5, 5.41) is 2.67. The molecular weight excluding hydrogens is 312 g/mol. The number of aryl methyl sites for hydroxylation is 4. The molecule has 0 aliphatic carbocycles. The lowest BCUT2D eigenvalue weighted by atomic mass is 10.0. The largest absolute Gasteiger partial charge is 0.489 e. The number of benzene rings is 2. The number of nitrogens with one attached hydrogen (secondary N) is 1. The summed E-state index contributed by atoms with van der Waals surface area (Å²) < 4.78 is 6.15. The molecule has 0 radical (unpaired) electrons. The van der Waals surface area contributed by atoms with Gasteiger partial charge in [0.05, 0.1) is 5.69 Å². The molecule has 134 valence electrons. The molecule has 0 bridgehead atoms. The zero-order chi connectivity index (χ0) is 18.6. The standard InChI is InChI=1S/C21H28N2O2/c1-7-17-9-8-10-19(23(6)21(24)22-5)18(17)13-25-20-12-15(3)14(2)11-16(20)4/h8-12H,7,13H2,1-6H3,(H,22,24). The van der Waals surface area contributed by atoms with Crippen LogP contribution >= 0.6 is 0 Å². The van der Waals surface area contributed by atoms with Crippen LogP contribution in [0.5, 0.6) is 5.75 Å². The van der Waals surface area contributed by atoms with Gasteiger partial charge in [0.25, 0.3) is 0 Å². The smallest absolute Gasteiger partial charge is 0.321 e. The third-order valence-corrected chi connectivity index (χ3v) is 4.67. The monoisotopic (exact) mass is 340 g/mol. The van der Waals surface area contributed by atoms with Crippen molar-refractivity contribution in [2.24, 2.45) is 0 Å². The maximum atomic E-state index is 12.0. The van der Waals surface area contributed by atoms with Gasteiger partial charge >= 0.3 is 6.03 Å². The van der Waals surface area contributed by atoms with E-state index in [0.29, 0.717) is 6.61 Å². The molecule has 0 aliphatic rings. The van der Waals surface area contributed by atoms with E-state index in [2.05, 4.69) is 51.2 Å². The second-order valence-corrected chi connectivity index (χ2v) is 6.37. The summed E-state index contributed by atoms with van der Waals surface area (Å²) in [5.74, 6) is 0.891. The van der Waals surface area contributed by atoms with E-state index in [1.807, 2.05) is 12.1 Å². The lowest BCUT2D eigenvalue weighted by molar-refractivity contribution is 0.249. The van der Waals surface area contributed by atoms with Gasteiger partial charge in [-0.1, -0.05) is 25.1 Å². The fourth-order valence-corrected chi connectivity index (χ4v) is 2.95. The Morgan fingerprint density at radius 2 is 1.80 bits per heavy atom. The van der Waals surface area contributed by atoms with Crippen LogP contribution in [-0.2, 0) is 13.0 Å². The first-order valence-corrected chi connectivity index (χ1v) is 8.65. The lowest BCUT2D eigenvalue weighted by Gasteiger charge is -2.23. The number of anilines is 1. The first-order chi connectivity index (χ1) is 11.9. The van der Waals surface area contributed by atoms with Crippen LogP contribution in [-0.4, -0.2) is 20.1 Å². The van der Waals surface area contributed by atoms with E-state index in [9.17, 15) is 4.79 Å². The van der Waals surface area contributed by atoms with Gasteiger partial charge in [-0.05, 0) is 61.6 Å². The molecule has 4 heteroatoms. The molecule has 0 aliphatic heterocycles. The van der Waals surface area contributed by atoms with E-state index in [4.69, 9.17) is 4.74 Å². The van der Waals surface area contributed by atoms with Crippen molar-refractivity contribution in [3.05, 3.63) is 58.1 Å². The topological polar surface area (TPSA) is 41.6 Å². The number of hydrogen-bond acceptors (Lipinski definition) is 2. The Balaban J connectivity index is 2.35. The number of ether oxygens (including phenoxy) is 1. The fraction of sp³-hybridized carbons (Fsp3) is 0.381. The molecule has 2 amide bonds. The Morgan fingerprint density at radius 1 is 1.12 bits per heavy atom. The molecule has 0 atom stereocenters. The van der Waals surface area contributed by atoms with Crippen LogP contribution in [0.3, 0.4) is 0 Å². The van der Waals surface area contributed by atoms with Crippen molar-refractivity contribution in [3.63, 3.8) is 0 Å². The second kappa shape index (κ2) is 8.06. The highest BCUT2D eigenvalue weighted by Gasteiger charge is 2.16. The number of hydrogen-bond donors (Lipinski definition) is 1. The summed E-state index contributed by atoms with van der Waals surface area (Å²) in [6.45, 7) is 8.81. The van der Waals surface area contributed by atoms with Crippen molar-refractivity contribution in [1.82, 2.24) is 5.32 Å².